The van der Waals surface area contributed by atoms with Crippen LogP contribution in [0.2, 0.25) is 5.02 Å². The van der Waals surface area contributed by atoms with Gasteiger partial charge in [-0.1, -0.05) is 39.7 Å². The van der Waals surface area contributed by atoms with Crippen molar-refractivity contribution in [2.75, 3.05) is 0 Å². The highest BCUT2D eigenvalue weighted by Crippen LogP contribution is 2.29. The van der Waals surface area contributed by atoms with Crippen molar-refractivity contribution in [1.29, 1.82) is 0 Å². The Hall–Kier alpha value is -1.10. The van der Waals surface area contributed by atoms with Crippen molar-refractivity contribution >= 4 is 27.5 Å². The molecule has 2 N–H and O–H groups in total. The second-order valence-electron chi connectivity index (χ2n) is 4.47. The van der Waals surface area contributed by atoms with Crippen molar-refractivity contribution in [3.05, 3.63) is 62.8 Å². The molecule has 2 nitrogen and oxygen atoms in total. The molecule has 2 rings (SSSR count). The molecule has 0 aliphatic heterocycles. The maximum Gasteiger partial charge on any atom is 0.142 e. The first-order valence-corrected chi connectivity index (χ1v) is 7.27. The third kappa shape index (κ3) is 3.51. The molecule has 5 heteroatoms. The lowest BCUT2D eigenvalue weighted by Crippen LogP contribution is -2.08. The van der Waals surface area contributed by atoms with Crippen molar-refractivity contribution in [3.63, 3.8) is 0 Å². The molecule has 0 heterocycles. The first kappa shape index (κ1) is 15.3. The topological polar surface area (TPSA) is 35.2 Å². The van der Waals surface area contributed by atoms with Gasteiger partial charge in [-0.3, -0.25) is 0 Å². The third-order valence-electron chi connectivity index (χ3n) is 2.88. The van der Waals surface area contributed by atoms with Crippen LogP contribution in [-0.2, 0) is 6.61 Å². The average Bonchev–Trinajstić information content (AvgIpc) is 2.41. The summed E-state index contributed by atoms with van der Waals surface area (Å²) in [6, 6.07) is 10.1. The average molecular weight is 359 g/mol. The van der Waals surface area contributed by atoms with Gasteiger partial charge in [0, 0.05) is 21.6 Å². The Labute approximate surface area is 130 Å². The summed E-state index contributed by atoms with van der Waals surface area (Å²) in [6.45, 7) is 2.07. The molecule has 0 bridgehead atoms. The van der Waals surface area contributed by atoms with Crippen LogP contribution in [0.15, 0.2) is 40.9 Å². The summed E-state index contributed by atoms with van der Waals surface area (Å²) < 4.78 is 20.0. The van der Waals surface area contributed by atoms with Crippen molar-refractivity contribution in [2.24, 2.45) is 5.73 Å². The van der Waals surface area contributed by atoms with E-state index in [1.165, 1.54) is 6.07 Å². The number of hydrogen-bond acceptors (Lipinski definition) is 2. The minimum absolute atomic E-state index is 0.0898. The van der Waals surface area contributed by atoms with Crippen LogP contribution >= 0.6 is 27.5 Å². The predicted octanol–water partition coefficient (Wildman–Crippen LogP) is 4.84. The van der Waals surface area contributed by atoms with Crippen LogP contribution in [0, 0.1) is 5.82 Å². The summed E-state index contributed by atoms with van der Waals surface area (Å²) in [7, 11) is 0. The van der Waals surface area contributed by atoms with Crippen molar-refractivity contribution in [3.8, 4) is 5.75 Å². The molecule has 0 amide bonds. The third-order valence-corrected chi connectivity index (χ3v) is 3.79. The first-order valence-electron chi connectivity index (χ1n) is 6.09. The molecule has 0 fully saturated rings. The molecular formula is C15H14BrClFNO. The van der Waals surface area contributed by atoms with Gasteiger partial charge in [-0.15, -0.1) is 0 Å². The van der Waals surface area contributed by atoms with Crippen LogP contribution in [0.5, 0.6) is 5.75 Å². The molecule has 0 saturated heterocycles. The molecule has 1 unspecified atom stereocenters. The van der Waals surface area contributed by atoms with Gasteiger partial charge >= 0.3 is 0 Å². The lowest BCUT2D eigenvalue weighted by molar-refractivity contribution is 0.301. The summed E-state index contributed by atoms with van der Waals surface area (Å²) in [6.07, 6.45) is 0. The van der Waals surface area contributed by atoms with Gasteiger partial charge in [-0.2, -0.15) is 0 Å². The zero-order valence-corrected chi connectivity index (χ0v) is 13.2. The molecule has 2 aromatic carbocycles. The van der Waals surface area contributed by atoms with Crippen molar-refractivity contribution in [2.45, 2.75) is 19.6 Å². The van der Waals surface area contributed by atoms with Gasteiger partial charge < -0.3 is 10.5 Å². The van der Waals surface area contributed by atoms with Crippen LogP contribution < -0.4 is 10.5 Å². The fourth-order valence-electron chi connectivity index (χ4n) is 1.82. The van der Waals surface area contributed by atoms with Gasteiger partial charge in [-0.05, 0) is 31.2 Å². The van der Waals surface area contributed by atoms with Crippen LogP contribution in [0.25, 0.3) is 0 Å². The summed E-state index contributed by atoms with van der Waals surface area (Å²) in [4.78, 5) is 0. The quantitative estimate of drug-likeness (QED) is 0.848. The standard InChI is InChI=1S/C15H14BrClFNO/c1-9(19)12-7-11(16)5-6-14(12)20-8-10-3-2-4-13(18)15(10)17/h2-7,9H,8,19H2,1H3. The number of ether oxygens (including phenoxy) is 1. The first-order chi connectivity index (χ1) is 9.49. The van der Waals surface area contributed by atoms with Crippen LogP contribution in [0.3, 0.4) is 0 Å². The summed E-state index contributed by atoms with van der Waals surface area (Å²) in [5.74, 6) is 0.222. The largest absolute Gasteiger partial charge is 0.489 e. The van der Waals surface area contributed by atoms with E-state index in [1.807, 2.05) is 25.1 Å². The summed E-state index contributed by atoms with van der Waals surface area (Å²) in [5.41, 5.74) is 7.40. The number of hydrogen-bond donors (Lipinski definition) is 1. The SMILES string of the molecule is CC(N)c1cc(Br)ccc1OCc1cccc(F)c1Cl. The molecule has 0 aliphatic carbocycles. The van der Waals surface area contributed by atoms with E-state index < -0.39 is 5.82 Å². The molecule has 0 aliphatic rings. The van der Waals surface area contributed by atoms with Gasteiger partial charge in [-0.25, -0.2) is 4.39 Å². The highest BCUT2D eigenvalue weighted by Gasteiger charge is 2.11. The zero-order valence-electron chi connectivity index (χ0n) is 10.9. The zero-order chi connectivity index (χ0) is 14.7. The van der Waals surface area contributed by atoms with Crippen LogP contribution in [0.4, 0.5) is 4.39 Å². The van der Waals surface area contributed by atoms with Crippen LogP contribution in [0.1, 0.15) is 24.1 Å². The minimum Gasteiger partial charge on any atom is -0.489 e. The Kier molecular flexibility index (Phi) is 5.02. The highest BCUT2D eigenvalue weighted by molar-refractivity contribution is 9.10. The molecule has 20 heavy (non-hydrogen) atoms. The van der Waals surface area contributed by atoms with Gasteiger partial charge in [0.2, 0.25) is 0 Å². The van der Waals surface area contributed by atoms with Gasteiger partial charge in [0.05, 0.1) is 5.02 Å². The predicted molar refractivity (Wildman–Crippen MR) is 82.5 cm³/mol. The molecule has 2 aromatic rings. The molecular weight excluding hydrogens is 345 g/mol. The summed E-state index contributed by atoms with van der Waals surface area (Å²) >= 11 is 9.30. The number of halogens is 3. The van der Waals surface area contributed by atoms with Gasteiger partial charge in [0.15, 0.2) is 0 Å². The van der Waals surface area contributed by atoms with Crippen molar-refractivity contribution < 1.29 is 9.13 Å². The number of rotatable bonds is 4. The fraction of sp³-hybridized carbons (Fsp3) is 0.200. The highest BCUT2D eigenvalue weighted by atomic mass is 79.9. The Morgan fingerprint density at radius 3 is 2.80 bits per heavy atom. The van der Waals surface area contributed by atoms with Crippen LogP contribution in [-0.4, -0.2) is 0 Å². The molecule has 0 radical (unpaired) electrons. The summed E-state index contributed by atoms with van der Waals surface area (Å²) in [5, 5.41) is 0.0898. The number of benzene rings is 2. The van der Waals surface area contributed by atoms with E-state index in [-0.39, 0.29) is 17.7 Å². The maximum atomic E-state index is 13.4. The molecule has 106 valence electrons. The minimum atomic E-state index is -0.448. The van der Waals surface area contributed by atoms with Gasteiger partial charge in [0.25, 0.3) is 0 Å². The Bertz CT molecular complexity index is 619. The van der Waals surface area contributed by atoms with E-state index >= 15 is 0 Å². The number of nitrogens with two attached hydrogens (primary N) is 1. The van der Waals surface area contributed by atoms with Crippen molar-refractivity contribution in [1.82, 2.24) is 0 Å². The van der Waals surface area contributed by atoms with E-state index in [0.717, 1.165) is 10.0 Å². The molecule has 1 atom stereocenters. The van der Waals surface area contributed by atoms with E-state index in [1.54, 1.807) is 12.1 Å². The second kappa shape index (κ2) is 6.57. The Morgan fingerprint density at radius 1 is 1.35 bits per heavy atom. The monoisotopic (exact) mass is 357 g/mol. The lowest BCUT2D eigenvalue weighted by atomic mass is 10.1. The smallest absolute Gasteiger partial charge is 0.142 e. The van der Waals surface area contributed by atoms with Gasteiger partial charge in [0.1, 0.15) is 18.2 Å². The molecule has 0 aromatic heterocycles. The Morgan fingerprint density at radius 2 is 2.10 bits per heavy atom. The maximum absolute atomic E-state index is 13.4. The Balaban J connectivity index is 2.21. The second-order valence-corrected chi connectivity index (χ2v) is 5.77. The molecule has 0 saturated carbocycles. The van der Waals surface area contributed by atoms with E-state index in [0.29, 0.717) is 11.3 Å². The molecule has 0 spiro atoms. The fourth-order valence-corrected chi connectivity index (χ4v) is 2.38. The van der Waals surface area contributed by atoms with E-state index in [4.69, 9.17) is 22.1 Å². The normalized spacial score (nSPS) is 12.2. The lowest BCUT2D eigenvalue weighted by Gasteiger charge is -2.15. The van der Waals surface area contributed by atoms with E-state index in [2.05, 4.69) is 15.9 Å². The van der Waals surface area contributed by atoms with E-state index in [9.17, 15) is 4.39 Å².